The molecule has 1 aliphatic heterocycles. The molecule has 0 radical (unpaired) electrons. The second-order valence-corrected chi connectivity index (χ2v) is 9.21. The molecule has 0 atom stereocenters. The summed E-state index contributed by atoms with van der Waals surface area (Å²) in [5.41, 5.74) is 2.61. The average molecular weight is 476 g/mol. The van der Waals surface area contributed by atoms with Crippen LogP contribution in [0.4, 0.5) is 13.2 Å². The average Bonchev–Trinajstić information content (AvgIpc) is 3.04. The van der Waals surface area contributed by atoms with Gasteiger partial charge in [-0.1, -0.05) is 18.2 Å². The van der Waals surface area contributed by atoms with E-state index in [0.29, 0.717) is 12.2 Å². The first kappa shape index (κ1) is 23.3. The Morgan fingerprint density at radius 2 is 1.76 bits per heavy atom. The highest BCUT2D eigenvalue weighted by Gasteiger charge is 2.30. The van der Waals surface area contributed by atoms with Gasteiger partial charge in [-0.25, -0.2) is 4.79 Å². The van der Waals surface area contributed by atoms with Gasteiger partial charge in [0, 0.05) is 29.4 Å². The first-order chi connectivity index (χ1) is 15.8. The minimum atomic E-state index is -4.33. The van der Waals surface area contributed by atoms with Gasteiger partial charge in [0.2, 0.25) is 0 Å². The number of hydrogen-bond acceptors (Lipinski definition) is 4. The lowest BCUT2D eigenvalue weighted by Crippen LogP contribution is -2.23. The van der Waals surface area contributed by atoms with E-state index in [1.165, 1.54) is 28.2 Å². The lowest BCUT2D eigenvalue weighted by atomic mass is 10.0. The van der Waals surface area contributed by atoms with Gasteiger partial charge in [-0.2, -0.15) is 13.2 Å². The Bertz CT molecular complexity index is 1100. The monoisotopic (exact) mass is 475 g/mol. The summed E-state index contributed by atoms with van der Waals surface area (Å²) in [5, 5.41) is 8.85. The fraction of sp³-hybridized carbons (Fsp3) is 0.320. The molecule has 174 valence electrons. The number of benzene rings is 1. The predicted octanol–water partition coefficient (Wildman–Crippen LogP) is 6.27. The summed E-state index contributed by atoms with van der Waals surface area (Å²) in [6, 6.07) is 9.30. The lowest BCUT2D eigenvalue weighted by Gasteiger charge is -2.18. The van der Waals surface area contributed by atoms with Crippen LogP contribution in [-0.2, 0) is 22.3 Å². The van der Waals surface area contributed by atoms with E-state index in [2.05, 4.69) is 11.0 Å². The van der Waals surface area contributed by atoms with Crippen LogP contribution < -0.4 is 0 Å². The number of fused-ring (bicyclic) bond motifs is 1. The van der Waals surface area contributed by atoms with Gasteiger partial charge < -0.3 is 9.84 Å². The van der Waals surface area contributed by atoms with Crippen molar-refractivity contribution < 1.29 is 27.8 Å². The topological polar surface area (TPSA) is 49.8 Å². The number of alkyl halides is 3. The van der Waals surface area contributed by atoms with E-state index < -0.39 is 17.7 Å². The van der Waals surface area contributed by atoms with Crippen LogP contribution in [-0.4, -0.2) is 35.7 Å². The number of halogens is 3. The van der Waals surface area contributed by atoms with Crippen molar-refractivity contribution in [1.29, 1.82) is 0 Å². The summed E-state index contributed by atoms with van der Waals surface area (Å²) in [6.07, 6.45) is 4.18. The van der Waals surface area contributed by atoms with Gasteiger partial charge in [0.25, 0.3) is 0 Å². The van der Waals surface area contributed by atoms with Crippen LogP contribution in [0.15, 0.2) is 71.5 Å². The Labute approximate surface area is 194 Å². The van der Waals surface area contributed by atoms with Gasteiger partial charge in [0.1, 0.15) is 5.76 Å². The zero-order chi connectivity index (χ0) is 23.4. The number of carbonyl (C=O) groups is 1. The standard InChI is InChI=1S/C25H24F3NO3S/c26-25(27,28)20-6-4-18(5-7-20)23-9-8-22(33-23)15-29-12-10-17-2-1-3-21(32-16-24(30)31)14-19(17)11-13-29/h2-9,14H,1,10-13,15-16H2,(H,30,31). The normalized spacial score (nSPS) is 17.2. The molecule has 2 aromatic rings. The molecule has 1 aromatic heterocycles. The molecule has 1 N–H and O–H groups in total. The molecule has 1 aliphatic carbocycles. The Balaban J connectivity index is 1.39. The van der Waals surface area contributed by atoms with Gasteiger partial charge in [0.05, 0.1) is 5.56 Å². The number of hydrogen-bond donors (Lipinski definition) is 1. The summed E-state index contributed by atoms with van der Waals surface area (Å²) in [6.45, 7) is 2.20. The highest BCUT2D eigenvalue weighted by molar-refractivity contribution is 7.15. The molecule has 8 heteroatoms. The fourth-order valence-corrected chi connectivity index (χ4v) is 5.06. The van der Waals surface area contributed by atoms with Crippen LogP contribution in [0.2, 0.25) is 0 Å². The van der Waals surface area contributed by atoms with Crippen molar-refractivity contribution in [3.63, 3.8) is 0 Å². The molecule has 1 aromatic carbocycles. The quantitative estimate of drug-likeness (QED) is 0.535. The van der Waals surface area contributed by atoms with Crippen LogP contribution in [0.3, 0.4) is 0 Å². The molecule has 33 heavy (non-hydrogen) atoms. The number of ether oxygens (including phenoxy) is 1. The first-order valence-electron chi connectivity index (χ1n) is 10.7. The van der Waals surface area contributed by atoms with Crippen molar-refractivity contribution in [2.24, 2.45) is 0 Å². The van der Waals surface area contributed by atoms with Gasteiger partial charge in [-0.15, -0.1) is 11.3 Å². The van der Waals surface area contributed by atoms with Crippen molar-refractivity contribution in [3.05, 3.63) is 82.0 Å². The van der Waals surface area contributed by atoms with E-state index in [1.54, 1.807) is 11.3 Å². The lowest BCUT2D eigenvalue weighted by molar-refractivity contribution is -0.140. The minimum absolute atomic E-state index is 0.350. The van der Waals surface area contributed by atoms with E-state index in [9.17, 15) is 18.0 Å². The third-order valence-electron chi connectivity index (χ3n) is 5.71. The molecule has 2 heterocycles. The summed E-state index contributed by atoms with van der Waals surface area (Å²) in [5.74, 6) is -0.392. The van der Waals surface area contributed by atoms with Crippen LogP contribution in [0.25, 0.3) is 10.4 Å². The molecule has 4 nitrogen and oxygen atoms in total. The molecule has 4 rings (SSSR count). The highest BCUT2D eigenvalue weighted by Crippen LogP contribution is 2.34. The van der Waals surface area contributed by atoms with Crippen molar-refractivity contribution in [2.75, 3.05) is 19.7 Å². The molecular formula is C25H24F3NO3S. The number of carboxylic acid groups (broad SMARTS) is 1. The number of likely N-dealkylation sites (tertiary alicyclic amines) is 1. The second-order valence-electron chi connectivity index (χ2n) is 8.04. The van der Waals surface area contributed by atoms with Crippen molar-refractivity contribution in [3.8, 4) is 10.4 Å². The van der Waals surface area contributed by atoms with E-state index in [1.807, 2.05) is 24.3 Å². The first-order valence-corrected chi connectivity index (χ1v) is 11.5. The number of rotatable bonds is 6. The molecule has 2 aliphatic rings. The van der Waals surface area contributed by atoms with Gasteiger partial charge in [0.15, 0.2) is 6.61 Å². The van der Waals surface area contributed by atoms with Gasteiger partial charge in [-0.3, -0.25) is 4.90 Å². The number of aliphatic carboxylic acids is 1. The third-order valence-corrected chi connectivity index (χ3v) is 6.83. The number of thiophene rings is 1. The van der Waals surface area contributed by atoms with E-state index in [-0.39, 0.29) is 6.61 Å². The van der Waals surface area contributed by atoms with Crippen molar-refractivity contribution in [2.45, 2.75) is 32.0 Å². The third kappa shape index (κ3) is 6.15. The van der Waals surface area contributed by atoms with Crippen LogP contribution in [0.1, 0.15) is 29.7 Å². The van der Waals surface area contributed by atoms with E-state index in [4.69, 9.17) is 9.84 Å². The molecule has 1 fully saturated rings. The number of allylic oxidation sites excluding steroid dienone is 3. The zero-order valence-electron chi connectivity index (χ0n) is 17.9. The summed E-state index contributed by atoms with van der Waals surface area (Å²) < 4.78 is 43.8. The van der Waals surface area contributed by atoms with E-state index >= 15 is 0 Å². The molecule has 0 saturated carbocycles. The number of nitrogens with zero attached hydrogens (tertiary/aromatic N) is 1. The van der Waals surface area contributed by atoms with Crippen molar-refractivity contribution >= 4 is 17.3 Å². The Morgan fingerprint density at radius 3 is 2.45 bits per heavy atom. The van der Waals surface area contributed by atoms with Crippen LogP contribution >= 0.6 is 11.3 Å². The maximum atomic E-state index is 12.8. The van der Waals surface area contributed by atoms with Gasteiger partial charge >= 0.3 is 12.1 Å². The Kier molecular flexibility index (Phi) is 7.05. The van der Waals surface area contributed by atoms with Crippen LogP contribution in [0, 0.1) is 0 Å². The molecule has 0 amide bonds. The molecule has 1 saturated heterocycles. The van der Waals surface area contributed by atoms with Crippen molar-refractivity contribution in [1.82, 2.24) is 4.90 Å². The molecule has 0 unspecified atom stereocenters. The summed E-state index contributed by atoms with van der Waals surface area (Å²) in [7, 11) is 0. The fourth-order valence-electron chi connectivity index (χ4n) is 4.00. The van der Waals surface area contributed by atoms with Gasteiger partial charge in [-0.05, 0) is 72.4 Å². The second kappa shape index (κ2) is 9.97. The van der Waals surface area contributed by atoms with E-state index in [0.717, 1.165) is 55.0 Å². The minimum Gasteiger partial charge on any atom is -0.482 e. The smallest absolute Gasteiger partial charge is 0.416 e. The Morgan fingerprint density at radius 1 is 1.03 bits per heavy atom. The molecule has 0 spiro atoms. The zero-order valence-corrected chi connectivity index (χ0v) is 18.7. The predicted molar refractivity (Wildman–Crippen MR) is 122 cm³/mol. The number of carboxylic acids is 1. The maximum Gasteiger partial charge on any atom is 0.416 e. The largest absolute Gasteiger partial charge is 0.482 e. The summed E-state index contributed by atoms with van der Waals surface area (Å²) in [4.78, 5) is 15.3. The summed E-state index contributed by atoms with van der Waals surface area (Å²) >= 11 is 1.60. The Hall–Kier alpha value is -2.84. The highest BCUT2D eigenvalue weighted by atomic mass is 32.1. The molecule has 0 bridgehead atoms. The SMILES string of the molecule is O=C(O)COC1=CCC=C2CCN(Cc3ccc(-c4ccc(C(F)(F)F)cc4)s3)CCC2=C1. The van der Waals surface area contributed by atoms with Crippen LogP contribution in [0.5, 0.6) is 0 Å². The maximum absolute atomic E-state index is 12.8. The molecular weight excluding hydrogens is 451 g/mol.